The summed E-state index contributed by atoms with van der Waals surface area (Å²) in [6.45, 7) is 24.4. The highest BCUT2D eigenvalue weighted by Crippen LogP contribution is 1.97. The molecule has 9 heteroatoms. The largest absolute Gasteiger partial charge is 0.481 e. The molecule has 37 heavy (non-hydrogen) atoms. The topological polar surface area (TPSA) is 162 Å². The summed E-state index contributed by atoms with van der Waals surface area (Å²) in [4.78, 5) is 39.1. The maximum Gasteiger partial charge on any atom is 0.332 e. The van der Waals surface area contributed by atoms with Crippen molar-refractivity contribution in [1.82, 2.24) is 0 Å². The number of rotatable bonds is 7. The van der Waals surface area contributed by atoms with E-state index in [1.807, 2.05) is 36.4 Å². The highest BCUT2D eigenvalue weighted by atomic mass is 16.5. The first-order chi connectivity index (χ1) is 17.2. The molecular weight excluding hydrogens is 478 g/mol. The Labute approximate surface area is 218 Å². The number of methoxy groups -OCH3 is 1. The Morgan fingerprint density at radius 3 is 1.46 bits per heavy atom. The normalized spacial score (nSPS) is 7.16. The van der Waals surface area contributed by atoms with E-state index in [9.17, 15) is 19.2 Å². The number of hydrogen-bond acceptors (Lipinski definition) is 6. The van der Waals surface area contributed by atoms with Crippen molar-refractivity contribution in [1.29, 1.82) is 5.26 Å². The van der Waals surface area contributed by atoms with E-state index >= 15 is 0 Å². The Balaban J connectivity index is -0.000000114. The molecule has 0 radical (unpaired) electrons. The van der Waals surface area contributed by atoms with Gasteiger partial charge in [0.2, 0.25) is 0 Å². The van der Waals surface area contributed by atoms with Crippen molar-refractivity contribution in [2.45, 2.75) is 13.3 Å². The van der Waals surface area contributed by atoms with E-state index in [1.165, 1.54) is 18.7 Å². The quantitative estimate of drug-likeness (QED) is 0.185. The number of nitriles is 1. The molecule has 0 saturated heterocycles. The number of carbonyl (C=O) groups is 4. The van der Waals surface area contributed by atoms with Gasteiger partial charge in [0.25, 0.3) is 0 Å². The maximum absolute atomic E-state index is 10.2. The van der Waals surface area contributed by atoms with Crippen LogP contribution in [0.2, 0.25) is 0 Å². The molecule has 3 N–H and O–H groups in total. The van der Waals surface area contributed by atoms with Gasteiger partial charge in [0.15, 0.2) is 0 Å². The summed E-state index contributed by atoms with van der Waals surface area (Å²) in [5.41, 5.74) is 1.30. The van der Waals surface area contributed by atoms with Gasteiger partial charge in [-0.05, 0) is 12.5 Å². The van der Waals surface area contributed by atoms with Crippen molar-refractivity contribution in [2.75, 3.05) is 7.11 Å². The average Bonchev–Trinajstić information content (AvgIpc) is 2.89. The van der Waals surface area contributed by atoms with Gasteiger partial charge in [-0.1, -0.05) is 94.6 Å². The minimum absolute atomic E-state index is 0.303. The zero-order chi connectivity index (χ0) is 30.2. The number of carboxylic acids is 3. The number of esters is 1. The minimum Gasteiger partial charge on any atom is -0.481 e. The molecule has 9 nitrogen and oxygen atoms in total. The zero-order valence-corrected chi connectivity index (χ0v) is 21.3. The van der Waals surface area contributed by atoms with Gasteiger partial charge in [-0.15, -0.1) is 0 Å². The predicted octanol–water partition coefficient (Wildman–Crippen LogP) is 5.48. The number of allylic oxidation sites excluding steroid dienone is 3. The Kier molecular flexibility index (Phi) is 37.4. The Bertz CT molecular complexity index is 933. The van der Waals surface area contributed by atoms with E-state index in [1.54, 1.807) is 25.1 Å². The first-order valence-electron chi connectivity index (χ1n) is 9.89. The van der Waals surface area contributed by atoms with Crippen LogP contribution in [0, 0.1) is 11.3 Å². The van der Waals surface area contributed by atoms with E-state index in [2.05, 4.69) is 50.8 Å². The molecule has 1 aromatic rings. The molecule has 0 bridgehead atoms. The van der Waals surface area contributed by atoms with Crippen LogP contribution in [0.15, 0.2) is 112 Å². The molecule has 200 valence electrons. The Morgan fingerprint density at radius 1 is 0.946 bits per heavy atom. The van der Waals surface area contributed by atoms with Crippen LogP contribution >= 0.6 is 0 Å². The number of benzene rings is 1. The third kappa shape index (κ3) is 49.1. The molecule has 0 aliphatic rings. The van der Waals surface area contributed by atoms with Gasteiger partial charge in [-0.25, -0.2) is 14.4 Å². The fourth-order valence-electron chi connectivity index (χ4n) is 1.02. The lowest BCUT2D eigenvalue weighted by Gasteiger charge is -1.91. The highest BCUT2D eigenvalue weighted by Gasteiger charge is 2.07. The number of aliphatic carboxylic acids is 3. The average molecular weight is 514 g/mol. The van der Waals surface area contributed by atoms with Crippen LogP contribution in [-0.2, 0) is 23.9 Å². The number of carboxylic acid groups (broad SMARTS) is 3. The van der Waals surface area contributed by atoms with Crippen molar-refractivity contribution in [2.24, 2.45) is 0 Å². The van der Waals surface area contributed by atoms with Crippen LogP contribution in [-0.4, -0.2) is 46.3 Å². The molecular formula is C28H35NO8. The minimum atomic E-state index is -1.27. The highest BCUT2D eigenvalue weighted by molar-refractivity contribution is 5.91. The molecule has 1 aromatic carbocycles. The number of carbonyl (C=O) groups excluding carboxylic acids is 1. The van der Waals surface area contributed by atoms with Gasteiger partial charge in [-0.2, -0.15) is 5.26 Å². The van der Waals surface area contributed by atoms with Crippen LogP contribution in [0.1, 0.15) is 18.9 Å². The first-order valence-corrected chi connectivity index (χ1v) is 9.89. The van der Waals surface area contributed by atoms with Gasteiger partial charge in [0.1, 0.15) is 0 Å². The molecule has 0 aliphatic carbocycles. The smallest absolute Gasteiger partial charge is 0.332 e. The Hall–Kier alpha value is -5.23. The van der Waals surface area contributed by atoms with Crippen molar-refractivity contribution >= 4 is 30.0 Å². The second kappa shape index (κ2) is 32.9. The van der Waals surface area contributed by atoms with Crippen molar-refractivity contribution in [3.8, 4) is 6.07 Å². The standard InChI is InChI=1S/C8H8.C5H6O4.C5H8O2.C4H6.C3H3N.C3H4O2/c1-2-8-6-4-3-5-7-8;1-3(5(8)9)2-4(6)7;1-4(2)5(6)7-3;1-3-4-2;1-2-3-4;1-2-3(4)5/h2-7H,1H2;1-2H2,(H,6,7)(H,8,9);1H2,2-3H3;3-4H,1-2H2;2H,1H2;2H,1H2,(H,4,5). The monoisotopic (exact) mass is 513 g/mol. The van der Waals surface area contributed by atoms with E-state index in [4.69, 9.17) is 20.6 Å². The van der Waals surface area contributed by atoms with E-state index < -0.39 is 24.3 Å². The summed E-state index contributed by atoms with van der Waals surface area (Å²) in [5.74, 6) is -3.77. The lowest BCUT2D eigenvalue weighted by molar-refractivity contribution is -0.139. The van der Waals surface area contributed by atoms with Crippen LogP contribution in [0.25, 0.3) is 6.08 Å². The summed E-state index contributed by atoms with van der Waals surface area (Å²) < 4.78 is 4.27. The molecule has 0 unspecified atom stereocenters. The second-order valence-corrected chi connectivity index (χ2v) is 5.71. The fourth-order valence-corrected chi connectivity index (χ4v) is 1.02. The van der Waals surface area contributed by atoms with Gasteiger partial charge in [0, 0.05) is 23.3 Å². The number of ether oxygens (including phenoxy) is 1. The predicted molar refractivity (Wildman–Crippen MR) is 146 cm³/mol. The van der Waals surface area contributed by atoms with Crippen molar-refractivity contribution in [3.63, 3.8) is 0 Å². The third-order valence-corrected chi connectivity index (χ3v) is 2.67. The van der Waals surface area contributed by atoms with Crippen molar-refractivity contribution in [3.05, 3.63) is 117 Å². The van der Waals surface area contributed by atoms with E-state index in [0.29, 0.717) is 5.57 Å². The summed E-state index contributed by atoms with van der Waals surface area (Å²) in [6, 6.07) is 11.7. The van der Waals surface area contributed by atoms with E-state index in [-0.39, 0.29) is 11.5 Å². The van der Waals surface area contributed by atoms with Gasteiger partial charge >= 0.3 is 23.9 Å². The van der Waals surface area contributed by atoms with Crippen molar-refractivity contribution < 1.29 is 39.2 Å². The van der Waals surface area contributed by atoms with Gasteiger partial charge in [0.05, 0.1) is 19.6 Å². The lowest BCUT2D eigenvalue weighted by atomic mass is 10.2. The summed E-state index contributed by atoms with van der Waals surface area (Å²) in [5, 5.41) is 31.2. The summed E-state index contributed by atoms with van der Waals surface area (Å²) in [7, 11) is 1.33. The zero-order valence-electron chi connectivity index (χ0n) is 21.3. The fraction of sp³-hybridized carbons (Fsp3) is 0.107. The van der Waals surface area contributed by atoms with Crippen LogP contribution < -0.4 is 0 Å². The van der Waals surface area contributed by atoms with Gasteiger partial charge in [-0.3, -0.25) is 4.79 Å². The Morgan fingerprint density at radius 2 is 1.35 bits per heavy atom. The molecule has 0 heterocycles. The molecule has 0 saturated carbocycles. The second-order valence-electron chi connectivity index (χ2n) is 5.71. The molecule has 0 aromatic heterocycles. The first kappa shape index (κ1) is 42.0. The lowest BCUT2D eigenvalue weighted by Crippen LogP contribution is -2.04. The van der Waals surface area contributed by atoms with Crippen LogP contribution in [0.3, 0.4) is 0 Å². The molecule has 0 atom stereocenters. The summed E-state index contributed by atoms with van der Waals surface area (Å²) in [6.07, 6.45) is 6.62. The summed E-state index contributed by atoms with van der Waals surface area (Å²) >= 11 is 0. The molecule has 1 rings (SSSR count). The molecule has 0 spiro atoms. The molecule has 0 fully saturated rings. The molecule has 0 aliphatic heterocycles. The number of nitrogens with zero attached hydrogens (tertiary/aromatic N) is 1. The van der Waals surface area contributed by atoms with Gasteiger partial charge < -0.3 is 20.1 Å². The third-order valence-electron chi connectivity index (χ3n) is 2.67. The van der Waals surface area contributed by atoms with Crippen LogP contribution in [0.4, 0.5) is 0 Å². The maximum atomic E-state index is 10.2. The molecule has 0 amide bonds. The van der Waals surface area contributed by atoms with Crippen LogP contribution in [0.5, 0.6) is 0 Å². The number of hydrogen-bond donors (Lipinski definition) is 3. The van der Waals surface area contributed by atoms with E-state index in [0.717, 1.165) is 6.08 Å². The SMILES string of the molecule is C=C(C)C(=O)OC.C=C(CC(=O)O)C(=O)O.C=CC#N.C=CC(=O)O.C=CC=C.C=Cc1ccccc1.